The van der Waals surface area contributed by atoms with Gasteiger partial charge in [0.15, 0.2) is 0 Å². The molecule has 0 bridgehead atoms. The van der Waals surface area contributed by atoms with Crippen molar-refractivity contribution in [2.45, 2.75) is 20.3 Å². The lowest BCUT2D eigenvalue weighted by molar-refractivity contribution is -0.132. The Bertz CT molecular complexity index is 341. The minimum absolute atomic E-state index is 0.420. The Hall–Kier alpha value is -1.16. The highest BCUT2D eigenvalue weighted by Gasteiger charge is 2.04. The van der Waals surface area contributed by atoms with Crippen LogP contribution in [-0.4, -0.2) is 16.1 Å². The third kappa shape index (κ3) is 2.66. The van der Waals surface area contributed by atoms with Gasteiger partial charge in [0.25, 0.3) is 0 Å². The zero-order valence-electron chi connectivity index (χ0n) is 7.57. The molecule has 0 fully saturated rings. The molecule has 0 radical (unpaired) electrons. The van der Waals surface area contributed by atoms with Crippen LogP contribution < -0.4 is 0 Å². The smallest absolute Gasteiger partial charge is 0.331 e. The van der Waals surface area contributed by atoms with E-state index < -0.39 is 5.97 Å². The Morgan fingerprint density at radius 3 is 2.85 bits per heavy atom. The average Bonchev–Trinajstić information content (AvgIpc) is 2.46. The fourth-order valence-corrected chi connectivity index (χ4v) is 1.68. The lowest BCUT2D eigenvalue weighted by atomic mass is 10.2. The van der Waals surface area contributed by atoms with E-state index in [0.717, 1.165) is 9.88 Å². The van der Waals surface area contributed by atoms with Crippen LogP contribution in [-0.2, 0) is 4.79 Å². The summed E-state index contributed by atoms with van der Waals surface area (Å²) in [5.74, 6) is -0.853. The molecule has 0 saturated heterocycles. The van der Waals surface area contributed by atoms with Gasteiger partial charge in [0.2, 0.25) is 0 Å². The van der Waals surface area contributed by atoms with E-state index in [0.29, 0.717) is 12.0 Å². The molecule has 0 saturated carbocycles. The lowest BCUT2D eigenvalue weighted by Crippen LogP contribution is -1.98. The number of hydrogen-bond acceptors (Lipinski definition) is 3. The van der Waals surface area contributed by atoms with Crippen molar-refractivity contribution in [3.8, 4) is 0 Å². The van der Waals surface area contributed by atoms with Crippen LogP contribution in [0.3, 0.4) is 0 Å². The summed E-state index contributed by atoms with van der Waals surface area (Å²) in [4.78, 5) is 15.6. The summed E-state index contributed by atoms with van der Waals surface area (Å²) in [5, 5.41) is 9.71. The first-order chi connectivity index (χ1) is 6.13. The molecular weight excluding hydrogens is 186 g/mol. The molecule has 1 N–H and O–H groups in total. The quantitative estimate of drug-likeness (QED) is 0.756. The number of aliphatic carboxylic acids is 1. The number of aromatic nitrogens is 1. The monoisotopic (exact) mass is 197 g/mol. The number of hydrogen-bond donors (Lipinski definition) is 1. The maximum absolute atomic E-state index is 10.7. The van der Waals surface area contributed by atoms with Gasteiger partial charge in [-0.2, -0.15) is 0 Å². The summed E-state index contributed by atoms with van der Waals surface area (Å²) in [5.41, 5.74) is 0.420. The van der Waals surface area contributed by atoms with E-state index in [2.05, 4.69) is 4.98 Å². The number of carboxylic acid groups (broad SMARTS) is 1. The van der Waals surface area contributed by atoms with E-state index in [1.165, 1.54) is 11.3 Å². The first-order valence-corrected chi connectivity index (χ1v) is 4.81. The van der Waals surface area contributed by atoms with Crippen molar-refractivity contribution in [2.24, 2.45) is 0 Å². The Balaban J connectivity index is 2.91. The zero-order valence-corrected chi connectivity index (χ0v) is 8.39. The first kappa shape index (κ1) is 9.92. The molecule has 0 atom stereocenters. The average molecular weight is 197 g/mol. The van der Waals surface area contributed by atoms with E-state index in [1.54, 1.807) is 12.3 Å². The van der Waals surface area contributed by atoms with Crippen LogP contribution in [0.1, 0.15) is 23.2 Å². The van der Waals surface area contributed by atoms with Gasteiger partial charge < -0.3 is 5.11 Å². The molecule has 0 unspecified atom stereocenters. The third-order valence-electron chi connectivity index (χ3n) is 1.61. The summed E-state index contributed by atoms with van der Waals surface area (Å²) >= 11 is 1.50. The predicted octanol–water partition coefficient (Wildman–Crippen LogP) is 2.33. The van der Waals surface area contributed by atoms with Crippen molar-refractivity contribution in [3.05, 3.63) is 21.7 Å². The maximum Gasteiger partial charge on any atom is 0.331 e. The standard InChI is InChI=1S/C9H11NO2S/c1-3-7(9(11)12)4-8-5-10-6(2)13-8/h4-5H,3H2,1-2H3,(H,11,12)/b7-4+. The van der Waals surface area contributed by atoms with Gasteiger partial charge in [-0.15, -0.1) is 11.3 Å². The minimum Gasteiger partial charge on any atom is -0.478 e. The van der Waals surface area contributed by atoms with Crippen molar-refractivity contribution in [1.29, 1.82) is 0 Å². The summed E-state index contributed by atoms with van der Waals surface area (Å²) in [6, 6.07) is 0. The van der Waals surface area contributed by atoms with Gasteiger partial charge in [0, 0.05) is 16.6 Å². The van der Waals surface area contributed by atoms with E-state index in [-0.39, 0.29) is 0 Å². The van der Waals surface area contributed by atoms with Crippen molar-refractivity contribution in [2.75, 3.05) is 0 Å². The second-order valence-corrected chi connectivity index (χ2v) is 3.88. The molecule has 1 aromatic rings. The molecule has 0 aliphatic rings. The highest BCUT2D eigenvalue weighted by Crippen LogP contribution is 2.16. The molecule has 0 aromatic carbocycles. The van der Waals surface area contributed by atoms with E-state index in [9.17, 15) is 4.79 Å². The Kier molecular flexibility index (Phi) is 3.19. The van der Waals surface area contributed by atoms with E-state index >= 15 is 0 Å². The molecule has 1 rings (SSSR count). The van der Waals surface area contributed by atoms with Crippen LogP contribution in [0, 0.1) is 6.92 Å². The van der Waals surface area contributed by atoms with Crippen molar-refractivity contribution in [3.63, 3.8) is 0 Å². The molecule has 0 aliphatic heterocycles. The minimum atomic E-state index is -0.853. The van der Waals surface area contributed by atoms with Crippen LogP contribution >= 0.6 is 11.3 Å². The topological polar surface area (TPSA) is 50.2 Å². The number of nitrogens with zero attached hydrogens (tertiary/aromatic N) is 1. The molecule has 3 nitrogen and oxygen atoms in total. The van der Waals surface area contributed by atoms with Crippen LogP contribution in [0.5, 0.6) is 0 Å². The van der Waals surface area contributed by atoms with Crippen LogP contribution in [0.4, 0.5) is 0 Å². The van der Waals surface area contributed by atoms with Crippen molar-refractivity contribution < 1.29 is 9.90 Å². The molecular formula is C9H11NO2S. The largest absolute Gasteiger partial charge is 0.478 e. The number of carboxylic acids is 1. The zero-order chi connectivity index (χ0) is 9.84. The van der Waals surface area contributed by atoms with E-state index in [1.807, 2.05) is 13.8 Å². The van der Waals surface area contributed by atoms with Gasteiger partial charge in [-0.3, -0.25) is 0 Å². The predicted molar refractivity (Wildman–Crippen MR) is 52.8 cm³/mol. The SMILES string of the molecule is CC/C(=C\c1cnc(C)s1)C(=O)O. The Labute approximate surface area is 80.7 Å². The van der Waals surface area contributed by atoms with Crippen molar-refractivity contribution >= 4 is 23.4 Å². The molecule has 13 heavy (non-hydrogen) atoms. The summed E-state index contributed by atoms with van der Waals surface area (Å²) in [6.07, 6.45) is 3.90. The molecule has 0 spiro atoms. The highest BCUT2D eigenvalue weighted by molar-refractivity contribution is 7.12. The number of thiazole rings is 1. The fraction of sp³-hybridized carbons (Fsp3) is 0.333. The highest BCUT2D eigenvalue weighted by atomic mass is 32.1. The molecule has 1 heterocycles. The second kappa shape index (κ2) is 4.18. The van der Waals surface area contributed by atoms with Crippen LogP contribution in [0.25, 0.3) is 6.08 Å². The molecule has 4 heteroatoms. The van der Waals surface area contributed by atoms with Gasteiger partial charge in [0.1, 0.15) is 0 Å². The fourth-order valence-electron chi connectivity index (χ4n) is 0.931. The molecule has 70 valence electrons. The second-order valence-electron chi connectivity index (χ2n) is 2.61. The molecule has 0 aliphatic carbocycles. The van der Waals surface area contributed by atoms with Gasteiger partial charge in [-0.25, -0.2) is 9.78 Å². The summed E-state index contributed by atoms with van der Waals surface area (Å²) in [7, 11) is 0. The maximum atomic E-state index is 10.7. The Morgan fingerprint density at radius 1 is 1.77 bits per heavy atom. The normalized spacial score (nSPS) is 11.7. The summed E-state index contributed by atoms with van der Waals surface area (Å²) in [6.45, 7) is 3.72. The van der Waals surface area contributed by atoms with Crippen LogP contribution in [0.15, 0.2) is 11.8 Å². The number of aryl methyl sites for hydroxylation is 1. The van der Waals surface area contributed by atoms with Crippen LogP contribution in [0.2, 0.25) is 0 Å². The third-order valence-corrected chi connectivity index (χ3v) is 2.47. The van der Waals surface area contributed by atoms with Crippen molar-refractivity contribution in [1.82, 2.24) is 4.98 Å². The van der Waals surface area contributed by atoms with Gasteiger partial charge >= 0.3 is 5.97 Å². The lowest BCUT2D eigenvalue weighted by Gasteiger charge is -1.94. The molecule has 0 amide bonds. The Morgan fingerprint density at radius 2 is 2.46 bits per heavy atom. The van der Waals surface area contributed by atoms with Gasteiger partial charge in [-0.05, 0) is 19.4 Å². The molecule has 1 aromatic heterocycles. The number of carbonyl (C=O) groups is 1. The van der Waals surface area contributed by atoms with E-state index in [4.69, 9.17) is 5.11 Å². The van der Waals surface area contributed by atoms with Gasteiger partial charge in [0.05, 0.1) is 5.01 Å². The number of rotatable bonds is 3. The van der Waals surface area contributed by atoms with Gasteiger partial charge in [-0.1, -0.05) is 6.92 Å². The summed E-state index contributed by atoms with van der Waals surface area (Å²) < 4.78 is 0. The first-order valence-electron chi connectivity index (χ1n) is 3.99.